The van der Waals surface area contributed by atoms with Gasteiger partial charge in [-0.05, 0) is 50.7 Å². The second-order valence-corrected chi connectivity index (χ2v) is 7.11. The van der Waals surface area contributed by atoms with Crippen LogP contribution in [-0.2, 0) is 11.2 Å². The molecule has 142 valence electrons. The molecular formula is C19H23N5O2S. The number of benzene rings is 1. The predicted octanol–water partition coefficient (Wildman–Crippen LogP) is 2.98. The van der Waals surface area contributed by atoms with Crippen LogP contribution in [0.3, 0.4) is 0 Å². The lowest BCUT2D eigenvalue weighted by molar-refractivity contribution is -0.112. The number of aromatic nitrogens is 2. The Morgan fingerprint density at radius 1 is 1.33 bits per heavy atom. The molecule has 0 spiro atoms. The number of anilines is 1. The monoisotopic (exact) mass is 385 g/mol. The molecule has 0 fully saturated rings. The van der Waals surface area contributed by atoms with Crippen molar-refractivity contribution in [1.82, 2.24) is 15.1 Å². The lowest BCUT2D eigenvalue weighted by Gasteiger charge is -2.10. The second-order valence-electron chi connectivity index (χ2n) is 6.05. The molecule has 0 saturated heterocycles. The summed E-state index contributed by atoms with van der Waals surface area (Å²) < 4.78 is 5.68. The van der Waals surface area contributed by atoms with Crippen molar-refractivity contribution in [2.75, 3.05) is 32.6 Å². The van der Waals surface area contributed by atoms with Crippen LogP contribution in [0, 0.1) is 11.3 Å². The second kappa shape index (κ2) is 10.4. The molecule has 8 heteroatoms. The highest BCUT2D eigenvalue weighted by Crippen LogP contribution is 2.18. The lowest BCUT2D eigenvalue weighted by atomic mass is 10.1. The minimum atomic E-state index is -0.500. The van der Waals surface area contributed by atoms with Crippen LogP contribution >= 0.6 is 11.3 Å². The summed E-state index contributed by atoms with van der Waals surface area (Å²) in [6, 6.07) is 9.20. The fourth-order valence-electron chi connectivity index (χ4n) is 2.16. The van der Waals surface area contributed by atoms with E-state index in [-0.39, 0.29) is 5.57 Å². The van der Waals surface area contributed by atoms with Gasteiger partial charge in [-0.3, -0.25) is 10.1 Å². The van der Waals surface area contributed by atoms with E-state index in [4.69, 9.17) is 4.74 Å². The number of hydrogen-bond donors (Lipinski definition) is 1. The first-order valence-corrected chi connectivity index (χ1v) is 9.46. The average molecular weight is 385 g/mol. The highest BCUT2D eigenvalue weighted by molar-refractivity contribution is 7.15. The summed E-state index contributed by atoms with van der Waals surface area (Å²) in [5.41, 5.74) is 0.747. The Morgan fingerprint density at radius 2 is 2.07 bits per heavy atom. The van der Waals surface area contributed by atoms with Crippen LogP contribution < -0.4 is 10.1 Å². The first-order valence-electron chi connectivity index (χ1n) is 8.65. The molecule has 1 amide bonds. The van der Waals surface area contributed by atoms with Crippen LogP contribution in [0.15, 0.2) is 29.8 Å². The van der Waals surface area contributed by atoms with E-state index in [1.807, 2.05) is 51.4 Å². The summed E-state index contributed by atoms with van der Waals surface area (Å²) in [5, 5.41) is 20.9. The molecule has 0 aliphatic carbocycles. The molecule has 2 rings (SSSR count). The molecule has 0 atom stereocenters. The van der Waals surface area contributed by atoms with E-state index >= 15 is 0 Å². The SMILES string of the molecule is CCc1nnc(NC(=O)C(C#N)=Cc2ccc(OCCCN(C)C)cc2)s1. The molecule has 27 heavy (non-hydrogen) atoms. The van der Waals surface area contributed by atoms with Crippen LogP contribution in [0.1, 0.15) is 23.9 Å². The first kappa shape index (κ1) is 20.6. The Hall–Kier alpha value is -2.76. The van der Waals surface area contributed by atoms with Gasteiger partial charge in [0.1, 0.15) is 22.4 Å². The van der Waals surface area contributed by atoms with Crippen molar-refractivity contribution in [3.8, 4) is 11.8 Å². The van der Waals surface area contributed by atoms with E-state index in [0.717, 1.165) is 35.7 Å². The zero-order chi connectivity index (χ0) is 19.6. The van der Waals surface area contributed by atoms with E-state index < -0.39 is 5.91 Å². The number of ether oxygens (including phenoxy) is 1. The number of nitrogens with one attached hydrogen (secondary N) is 1. The maximum absolute atomic E-state index is 12.3. The number of carbonyl (C=O) groups excluding carboxylic acids is 1. The quantitative estimate of drug-likeness (QED) is 0.405. The smallest absolute Gasteiger partial charge is 0.268 e. The summed E-state index contributed by atoms with van der Waals surface area (Å²) in [4.78, 5) is 14.4. The van der Waals surface area contributed by atoms with Gasteiger partial charge in [-0.25, -0.2) is 0 Å². The van der Waals surface area contributed by atoms with Gasteiger partial charge in [0.05, 0.1) is 6.61 Å². The van der Waals surface area contributed by atoms with Crippen molar-refractivity contribution in [3.63, 3.8) is 0 Å². The van der Waals surface area contributed by atoms with Gasteiger partial charge in [-0.1, -0.05) is 30.4 Å². The minimum Gasteiger partial charge on any atom is -0.494 e. The molecule has 0 radical (unpaired) electrons. The number of nitrogens with zero attached hydrogens (tertiary/aromatic N) is 4. The largest absolute Gasteiger partial charge is 0.494 e. The number of carbonyl (C=O) groups is 1. The molecule has 1 aromatic heterocycles. The Morgan fingerprint density at radius 3 is 2.67 bits per heavy atom. The molecule has 2 aromatic rings. The summed E-state index contributed by atoms with van der Waals surface area (Å²) >= 11 is 1.30. The van der Waals surface area contributed by atoms with Gasteiger partial charge >= 0.3 is 0 Å². The summed E-state index contributed by atoms with van der Waals surface area (Å²) in [6.07, 6.45) is 3.23. The summed E-state index contributed by atoms with van der Waals surface area (Å²) in [7, 11) is 4.05. The molecule has 1 N–H and O–H groups in total. The predicted molar refractivity (Wildman–Crippen MR) is 107 cm³/mol. The normalized spacial score (nSPS) is 11.3. The molecule has 0 unspecified atom stereocenters. The average Bonchev–Trinajstić information content (AvgIpc) is 3.11. The van der Waals surface area contributed by atoms with E-state index in [0.29, 0.717) is 11.7 Å². The van der Waals surface area contributed by atoms with Crippen molar-refractivity contribution in [3.05, 3.63) is 40.4 Å². The van der Waals surface area contributed by atoms with Crippen molar-refractivity contribution in [2.45, 2.75) is 19.8 Å². The number of amides is 1. The highest BCUT2D eigenvalue weighted by Gasteiger charge is 2.12. The fourth-order valence-corrected chi connectivity index (χ4v) is 2.83. The first-order chi connectivity index (χ1) is 13.0. The third-order valence-corrected chi connectivity index (χ3v) is 4.55. The van der Waals surface area contributed by atoms with Crippen LogP contribution in [0.25, 0.3) is 6.08 Å². The Bertz CT molecular complexity index is 821. The molecule has 1 heterocycles. The number of nitriles is 1. The molecule has 0 aliphatic rings. The molecule has 0 bridgehead atoms. The Balaban J connectivity index is 1.95. The van der Waals surface area contributed by atoms with Crippen LogP contribution in [-0.4, -0.2) is 48.3 Å². The summed E-state index contributed by atoms with van der Waals surface area (Å²) in [6.45, 7) is 3.57. The Kier molecular flexibility index (Phi) is 7.92. The third-order valence-electron chi connectivity index (χ3n) is 3.56. The van der Waals surface area contributed by atoms with E-state index in [9.17, 15) is 10.1 Å². The topological polar surface area (TPSA) is 91.1 Å². The standard InChI is InChI=1S/C19H23N5O2S/c1-4-17-22-23-19(27-17)21-18(25)15(13-20)12-14-6-8-16(9-7-14)26-11-5-10-24(2)3/h6-9,12H,4-5,10-11H2,1-3H3,(H,21,23,25). The summed E-state index contributed by atoms with van der Waals surface area (Å²) in [5.74, 6) is 0.259. The van der Waals surface area contributed by atoms with Crippen molar-refractivity contribution < 1.29 is 9.53 Å². The highest BCUT2D eigenvalue weighted by atomic mass is 32.1. The van der Waals surface area contributed by atoms with Crippen molar-refractivity contribution in [2.24, 2.45) is 0 Å². The van der Waals surface area contributed by atoms with E-state index in [1.54, 1.807) is 0 Å². The third kappa shape index (κ3) is 6.81. The van der Waals surface area contributed by atoms with Gasteiger partial charge in [0.2, 0.25) is 5.13 Å². The number of rotatable bonds is 9. The van der Waals surface area contributed by atoms with E-state index in [1.165, 1.54) is 17.4 Å². The van der Waals surface area contributed by atoms with Gasteiger partial charge in [0.15, 0.2) is 0 Å². The molecular weight excluding hydrogens is 362 g/mol. The maximum Gasteiger partial charge on any atom is 0.268 e. The van der Waals surface area contributed by atoms with Crippen LogP contribution in [0.2, 0.25) is 0 Å². The van der Waals surface area contributed by atoms with E-state index in [2.05, 4.69) is 20.4 Å². The van der Waals surface area contributed by atoms with Gasteiger partial charge in [-0.15, -0.1) is 10.2 Å². The zero-order valence-electron chi connectivity index (χ0n) is 15.7. The fraction of sp³-hybridized carbons (Fsp3) is 0.368. The maximum atomic E-state index is 12.3. The van der Waals surface area contributed by atoms with Crippen molar-refractivity contribution in [1.29, 1.82) is 5.26 Å². The Labute approximate surface area is 163 Å². The zero-order valence-corrected chi connectivity index (χ0v) is 16.5. The van der Waals surface area contributed by atoms with Crippen molar-refractivity contribution >= 4 is 28.5 Å². The molecule has 0 saturated carbocycles. The van der Waals surface area contributed by atoms with Gasteiger partial charge in [0, 0.05) is 6.54 Å². The number of hydrogen-bond acceptors (Lipinski definition) is 7. The van der Waals surface area contributed by atoms with Crippen LogP contribution in [0.5, 0.6) is 5.75 Å². The van der Waals surface area contributed by atoms with Gasteiger partial charge in [-0.2, -0.15) is 5.26 Å². The number of aryl methyl sites for hydroxylation is 1. The van der Waals surface area contributed by atoms with Crippen LogP contribution in [0.4, 0.5) is 5.13 Å². The lowest BCUT2D eigenvalue weighted by Crippen LogP contribution is -2.15. The van der Waals surface area contributed by atoms with Gasteiger partial charge in [0.25, 0.3) is 5.91 Å². The molecule has 7 nitrogen and oxygen atoms in total. The molecule has 1 aromatic carbocycles. The van der Waals surface area contributed by atoms with Gasteiger partial charge < -0.3 is 9.64 Å². The molecule has 0 aliphatic heterocycles. The minimum absolute atomic E-state index is 0.00269.